The SMILES string of the molecule is O=C(O)c1ccc([N+](=O)[O-])cc1Cl.O=C(O)c1cccc(Cl)c1[N+](=O)[O-]. The van der Waals surface area contributed by atoms with Crippen LogP contribution in [0.1, 0.15) is 20.7 Å². The maximum atomic E-state index is 10.5. The fraction of sp³-hybridized carbons (Fsp3) is 0. The van der Waals surface area contributed by atoms with Crippen molar-refractivity contribution in [1.82, 2.24) is 0 Å². The molecule has 2 N–H and O–H groups in total. The van der Waals surface area contributed by atoms with Crippen molar-refractivity contribution in [1.29, 1.82) is 0 Å². The van der Waals surface area contributed by atoms with Gasteiger partial charge in [-0.3, -0.25) is 20.2 Å². The van der Waals surface area contributed by atoms with Gasteiger partial charge in [0, 0.05) is 12.1 Å². The molecular formula is C14H8Cl2N2O8. The summed E-state index contributed by atoms with van der Waals surface area (Å²) in [6.45, 7) is 0. The Morgan fingerprint density at radius 3 is 1.81 bits per heavy atom. The average Bonchev–Trinajstić information content (AvgIpc) is 2.54. The number of aromatic carboxylic acids is 2. The Labute approximate surface area is 154 Å². The lowest BCUT2D eigenvalue weighted by molar-refractivity contribution is -0.385. The van der Waals surface area contributed by atoms with Gasteiger partial charge in [0.25, 0.3) is 5.69 Å². The number of hydrogen-bond donors (Lipinski definition) is 2. The van der Waals surface area contributed by atoms with Crippen LogP contribution in [-0.2, 0) is 0 Å². The Kier molecular flexibility index (Phi) is 6.99. The number of nitrogens with zero attached hydrogens (tertiary/aromatic N) is 2. The van der Waals surface area contributed by atoms with Crippen molar-refractivity contribution in [2.24, 2.45) is 0 Å². The van der Waals surface area contributed by atoms with E-state index in [9.17, 15) is 29.8 Å². The number of carbonyl (C=O) groups is 2. The lowest BCUT2D eigenvalue weighted by Crippen LogP contribution is -2.02. The summed E-state index contributed by atoms with van der Waals surface area (Å²) in [5.74, 6) is -2.57. The van der Waals surface area contributed by atoms with Gasteiger partial charge in [-0.05, 0) is 18.2 Å². The first kappa shape index (κ1) is 20.8. The van der Waals surface area contributed by atoms with E-state index in [0.717, 1.165) is 24.3 Å². The third-order valence-corrected chi connectivity index (χ3v) is 3.41. The summed E-state index contributed by atoms with van der Waals surface area (Å²) < 4.78 is 0. The van der Waals surface area contributed by atoms with Gasteiger partial charge in [0.05, 0.1) is 20.4 Å². The molecule has 0 radical (unpaired) electrons. The van der Waals surface area contributed by atoms with Crippen molar-refractivity contribution in [3.05, 3.63) is 77.8 Å². The summed E-state index contributed by atoms with van der Waals surface area (Å²) in [5.41, 5.74) is -1.35. The average molecular weight is 403 g/mol. The number of non-ortho nitro benzene ring substituents is 1. The number of halogens is 2. The molecule has 0 unspecified atom stereocenters. The van der Waals surface area contributed by atoms with Gasteiger partial charge in [-0.15, -0.1) is 0 Å². The third kappa shape index (κ3) is 5.13. The van der Waals surface area contributed by atoms with Crippen molar-refractivity contribution in [2.45, 2.75) is 0 Å². The Morgan fingerprint density at radius 2 is 1.42 bits per heavy atom. The van der Waals surface area contributed by atoms with Gasteiger partial charge in [-0.2, -0.15) is 0 Å². The number of hydrogen-bond acceptors (Lipinski definition) is 6. The zero-order valence-electron chi connectivity index (χ0n) is 12.5. The number of nitro benzene ring substituents is 2. The molecule has 0 amide bonds. The molecule has 0 aliphatic rings. The van der Waals surface area contributed by atoms with E-state index in [1.54, 1.807) is 0 Å². The molecule has 0 aliphatic heterocycles. The molecule has 2 aromatic rings. The van der Waals surface area contributed by atoms with Gasteiger partial charge in [0.2, 0.25) is 0 Å². The van der Waals surface area contributed by atoms with E-state index in [1.165, 1.54) is 12.1 Å². The smallest absolute Gasteiger partial charge is 0.342 e. The molecule has 26 heavy (non-hydrogen) atoms. The van der Waals surface area contributed by atoms with Crippen LogP contribution in [0.15, 0.2) is 36.4 Å². The topological polar surface area (TPSA) is 161 Å². The fourth-order valence-electron chi connectivity index (χ4n) is 1.66. The summed E-state index contributed by atoms with van der Waals surface area (Å²) in [7, 11) is 0. The van der Waals surface area contributed by atoms with Gasteiger partial charge < -0.3 is 10.2 Å². The number of carboxylic acid groups (broad SMARTS) is 2. The Bertz CT molecular complexity index is 901. The molecule has 2 rings (SSSR count). The van der Waals surface area contributed by atoms with Crippen molar-refractivity contribution in [2.75, 3.05) is 0 Å². The molecule has 0 saturated heterocycles. The number of para-hydroxylation sites is 1. The van der Waals surface area contributed by atoms with Crippen LogP contribution >= 0.6 is 23.2 Å². The summed E-state index contributed by atoms with van der Waals surface area (Å²) >= 11 is 10.9. The first-order valence-corrected chi connectivity index (χ1v) is 7.15. The predicted molar refractivity (Wildman–Crippen MR) is 90.1 cm³/mol. The zero-order valence-corrected chi connectivity index (χ0v) is 14.0. The summed E-state index contributed by atoms with van der Waals surface area (Å²) in [5, 5.41) is 37.4. The summed E-state index contributed by atoms with van der Waals surface area (Å²) in [6.07, 6.45) is 0. The van der Waals surface area contributed by atoms with E-state index in [0.29, 0.717) is 0 Å². The van der Waals surface area contributed by atoms with Gasteiger partial charge in [-0.1, -0.05) is 29.3 Å². The Hall–Kier alpha value is -3.24. The molecule has 0 bridgehead atoms. The molecular weight excluding hydrogens is 395 g/mol. The molecule has 10 nitrogen and oxygen atoms in total. The van der Waals surface area contributed by atoms with E-state index < -0.39 is 33.0 Å². The highest BCUT2D eigenvalue weighted by atomic mass is 35.5. The summed E-state index contributed by atoms with van der Waals surface area (Å²) in [4.78, 5) is 40.1. The minimum Gasteiger partial charge on any atom is -0.478 e. The third-order valence-electron chi connectivity index (χ3n) is 2.79. The molecule has 0 spiro atoms. The van der Waals surface area contributed by atoms with Gasteiger partial charge in [0.15, 0.2) is 0 Å². The van der Waals surface area contributed by atoms with Crippen molar-refractivity contribution < 1.29 is 29.6 Å². The van der Waals surface area contributed by atoms with Crippen molar-refractivity contribution >= 4 is 46.5 Å². The number of nitro groups is 2. The second kappa shape index (κ2) is 8.74. The van der Waals surface area contributed by atoms with E-state index in [4.69, 9.17) is 33.4 Å². The normalized spacial score (nSPS) is 9.62. The van der Waals surface area contributed by atoms with Gasteiger partial charge >= 0.3 is 17.6 Å². The van der Waals surface area contributed by atoms with E-state index in [-0.39, 0.29) is 21.3 Å². The zero-order chi connectivity index (χ0) is 20.0. The van der Waals surface area contributed by atoms with Crippen LogP contribution in [0.5, 0.6) is 0 Å². The van der Waals surface area contributed by atoms with Crippen LogP contribution < -0.4 is 0 Å². The number of rotatable bonds is 4. The largest absolute Gasteiger partial charge is 0.478 e. The lowest BCUT2D eigenvalue weighted by atomic mass is 10.2. The highest BCUT2D eigenvalue weighted by molar-refractivity contribution is 6.34. The second-order valence-corrected chi connectivity index (χ2v) is 5.24. The first-order valence-electron chi connectivity index (χ1n) is 6.39. The van der Waals surface area contributed by atoms with Crippen LogP contribution in [-0.4, -0.2) is 32.0 Å². The molecule has 136 valence electrons. The number of carboxylic acids is 2. The highest BCUT2D eigenvalue weighted by Gasteiger charge is 2.22. The van der Waals surface area contributed by atoms with Crippen LogP contribution in [0.4, 0.5) is 11.4 Å². The molecule has 0 aliphatic carbocycles. The Morgan fingerprint density at radius 1 is 0.846 bits per heavy atom. The van der Waals surface area contributed by atoms with Crippen LogP contribution in [0.3, 0.4) is 0 Å². The van der Waals surface area contributed by atoms with Gasteiger partial charge in [0.1, 0.15) is 10.6 Å². The van der Waals surface area contributed by atoms with Crippen LogP contribution in [0, 0.1) is 20.2 Å². The summed E-state index contributed by atoms with van der Waals surface area (Å²) in [6, 6.07) is 6.94. The molecule has 0 aromatic heterocycles. The molecule has 0 saturated carbocycles. The highest BCUT2D eigenvalue weighted by Crippen LogP contribution is 2.27. The lowest BCUT2D eigenvalue weighted by Gasteiger charge is -1.98. The molecule has 12 heteroatoms. The standard InChI is InChI=1S/2C7H4ClNO4/c8-6-3-4(9(12)13)1-2-5(6)7(10)11;8-5-3-1-2-4(7(10)11)6(5)9(12)13/h2*1-3H,(H,10,11). The van der Waals surface area contributed by atoms with Crippen molar-refractivity contribution in [3.8, 4) is 0 Å². The van der Waals surface area contributed by atoms with Crippen LogP contribution in [0.25, 0.3) is 0 Å². The van der Waals surface area contributed by atoms with Crippen LogP contribution in [0.2, 0.25) is 10.0 Å². The Balaban J connectivity index is 0.000000260. The minimum atomic E-state index is -1.37. The number of benzene rings is 2. The maximum absolute atomic E-state index is 10.5. The quantitative estimate of drug-likeness (QED) is 0.574. The van der Waals surface area contributed by atoms with E-state index in [1.807, 2.05) is 0 Å². The molecule has 2 aromatic carbocycles. The minimum absolute atomic E-state index is 0.137. The maximum Gasteiger partial charge on any atom is 0.342 e. The fourth-order valence-corrected chi connectivity index (χ4v) is 2.16. The van der Waals surface area contributed by atoms with E-state index >= 15 is 0 Å². The second-order valence-electron chi connectivity index (χ2n) is 4.42. The molecule has 0 heterocycles. The monoisotopic (exact) mass is 402 g/mol. The molecule has 0 atom stereocenters. The first-order chi connectivity index (χ1) is 12.1. The molecule has 0 fully saturated rings. The van der Waals surface area contributed by atoms with Gasteiger partial charge in [-0.25, -0.2) is 9.59 Å². The predicted octanol–water partition coefficient (Wildman–Crippen LogP) is 3.89. The van der Waals surface area contributed by atoms with E-state index in [2.05, 4.69) is 0 Å². The van der Waals surface area contributed by atoms with Crippen molar-refractivity contribution in [3.63, 3.8) is 0 Å².